The highest BCUT2D eigenvalue weighted by atomic mass is 32.2. The van der Waals surface area contributed by atoms with E-state index in [1.54, 1.807) is 36.9 Å². The highest BCUT2D eigenvalue weighted by Gasteiger charge is 2.19. The minimum atomic E-state index is -0.536. The summed E-state index contributed by atoms with van der Waals surface area (Å²) in [6.07, 6.45) is 0. The van der Waals surface area contributed by atoms with Crippen LogP contribution < -0.4 is 0 Å². The highest BCUT2D eigenvalue weighted by molar-refractivity contribution is 7.99. The molecule has 0 amide bonds. The number of hydrogen-bond donors (Lipinski definition) is 0. The van der Waals surface area contributed by atoms with Crippen molar-refractivity contribution in [3.63, 3.8) is 0 Å². The molecule has 0 atom stereocenters. The molecule has 0 saturated carbocycles. The number of ether oxygens (including phenoxy) is 2. The number of methoxy groups -OCH3 is 1. The van der Waals surface area contributed by atoms with E-state index >= 15 is 0 Å². The van der Waals surface area contributed by atoms with Crippen LogP contribution in [0.2, 0.25) is 0 Å². The Labute approximate surface area is 111 Å². The first-order valence-electron chi connectivity index (χ1n) is 5.66. The molecular formula is C13H16O4S. The molecule has 0 radical (unpaired) electrons. The molecule has 5 heteroatoms. The van der Waals surface area contributed by atoms with E-state index in [4.69, 9.17) is 4.74 Å². The SMILES string of the molecule is CCOC(=O)c1cc(SCC)ccc1C(=O)OC. The van der Waals surface area contributed by atoms with Crippen LogP contribution in [0.1, 0.15) is 34.6 Å². The minimum absolute atomic E-state index is 0.233. The summed E-state index contributed by atoms with van der Waals surface area (Å²) in [4.78, 5) is 24.3. The maximum Gasteiger partial charge on any atom is 0.339 e. The molecule has 0 saturated heterocycles. The van der Waals surface area contributed by atoms with Crippen molar-refractivity contribution < 1.29 is 19.1 Å². The molecule has 0 unspecified atom stereocenters. The molecule has 1 aromatic carbocycles. The number of thioether (sulfide) groups is 1. The Morgan fingerprint density at radius 3 is 2.44 bits per heavy atom. The molecule has 0 spiro atoms. The van der Waals surface area contributed by atoms with E-state index in [1.165, 1.54) is 7.11 Å². The van der Waals surface area contributed by atoms with Crippen molar-refractivity contribution in [1.29, 1.82) is 0 Å². The summed E-state index contributed by atoms with van der Waals surface area (Å²) < 4.78 is 9.59. The van der Waals surface area contributed by atoms with Gasteiger partial charge >= 0.3 is 11.9 Å². The summed E-state index contributed by atoms with van der Waals surface area (Å²) in [6, 6.07) is 5.05. The monoisotopic (exact) mass is 268 g/mol. The third-order valence-corrected chi connectivity index (χ3v) is 3.08. The minimum Gasteiger partial charge on any atom is -0.465 e. The lowest BCUT2D eigenvalue weighted by Crippen LogP contribution is -2.13. The maximum atomic E-state index is 11.8. The quantitative estimate of drug-likeness (QED) is 0.607. The first-order chi connectivity index (χ1) is 8.63. The summed E-state index contributed by atoms with van der Waals surface area (Å²) in [5.41, 5.74) is 0.485. The summed E-state index contributed by atoms with van der Waals surface area (Å²) in [7, 11) is 1.28. The second-order valence-electron chi connectivity index (χ2n) is 3.35. The molecule has 0 heterocycles. The Kier molecular flexibility index (Phi) is 5.71. The van der Waals surface area contributed by atoms with Gasteiger partial charge in [-0.25, -0.2) is 9.59 Å². The van der Waals surface area contributed by atoms with Gasteiger partial charge in [-0.1, -0.05) is 6.92 Å². The van der Waals surface area contributed by atoms with E-state index in [1.807, 2.05) is 6.92 Å². The molecule has 0 N–H and O–H groups in total. The van der Waals surface area contributed by atoms with Crippen molar-refractivity contribution >= 4 is 23.7 Å². The Morgan fingerprint density at radius 1 is 1.17 bits per heavy atom. The smallest absolute Gasteiger partial charge is 0.339 e. The summed E-state index contributed by atoms with van der Waals surface area (Å²) in [5.74, 6) is -0.151. The predicted octanol–water partition coefficient (Wildman–Crippen LogP) is 2.76. The second-order valence-corrected chi connectivity index (χ2v) is 4.69. The van der Waals surface area contributed by atoms with E-state index in [0.717, 1.165) is 10.6 Å². The zero-order valence-corrected chi connectivity index (χ0v) is 11.5. The summed E-state index contributed by atoms with van der Waals surface area (Å²) in [5, 5.41) is 0. The molecular weight excluding hydrogens is 252 g/mol. The first-order valence-corrected chi connectivity index (χ1v) is 6.64. The molecule has 0 aliphatic carbocycles. The van der Waals surface area contributed by atoms with E-state index < -0.39 is 11.9 Å². The molecule has 0 aromatic heterocycles. The summed E-state index contributed by atoms with van der Waals surface area (Å²) >= 11 is 1.59. The fourth-order valence-electron chi connectivity index (χ4n) is 1.45. The number of benzene rings is 1. The van der Waals surface area contributed by atoms with Crippen molar-refractivity contribution in [1.82, 2.24) is 0 Å². The van der Waals surface area contributed by atoms with Crippen molar-refractivity contribution in [2.45, 2.75) is 18.7 Å². The Morgan fingerprint density at radius 2 is 1.89 bits per heavy atom. The molecule has 0 bridgehead atoms. The van der Waals surface area contributed by atoms with Gasteiger partial charge in [-0.2, -0.15) is 0 Å². The van der Waals surface area contributed by atoms with Crippen molar-refractivity contribution in [2.75, 3.05) is 19.5 Å². The fourth-order valence-corrected chi connectivity index (χ4v) is 2.14. The third-order valence-electron chi connectivity index (χ3n) is 2.20. The second kappa shape index (κ2) is 7.06. The summed E-state index contributed by atoms with van der Waals surface area (Å²) in [6.45, 7) is 4.01. The fraction of sp³-hybridized carbons (Fsp3) is 0.385. The van der Waals surface area contributed by atoms with Crippen LogP contribution >= 0.6 is 11.8 Å². The molecule has 1 rings (SSSR count). The standard InChI is InChI=1S/C13H16O4S/c1-4-17-13(15)11-8-9(18-5-2)6-7-10(11)12(14)16-3/h6-8H,4-5H2,1-3H3. The van der Waals surface area contributed by atoms with E-state index in [-0.39, 0.29) is 17.7 Å². The molecule has 0 fully saturated rings. The van der Waals surface area contributed by atoms with Crippen LogP contribution in [-0.4, -0.2) is 31.4 Å². The van der Waals surface area contributed by atoms with Gasteiger partial charge in [0.25, 0.3) is 0 Å². The molecule has 1 aromatic rings. The van der Waals surface area contributed by atoms with Crippen LogP contribution in [0.3, 0.4) is 0 Å². The molecule has 18 heavy (non-hydrogen) atoms. The normalized spacial score (nSPS) is 9.94. The molecule has 98 valence electrons. The van der Waals surface area contributed by atoms with Crippen LogP contribution in [0, 0.1) is 0 Å². The van der Waals surface area contributed by atoms with Gasteiger partial charge in [0.15, 0.2) is 0 Å². The first kappa shape index (κ1) is 14.6. The lowest BCUT2D eigenvalue weighted by atomic mass is 10.1. The van der Waals surface area contributed by atoms with E-state index in [9.17, 15) is 9.59 Å². The zero-order chi connectivity index (χ0) is 13.5. The predicted molar refractivity (Wildman–Crippen MR) is 70.1 cm³/mol. The van der Waals surface area contributed by atoms with Crippen LogP contribution in [-0.2, 0) is 9.47 Å². The Bertz CT molecular complexity index is 443. The van der Waals surface area contributed by atoms with Crippen molar-refractivity contribution in [3.8, 4) is 0 Å². The van der Waals surface area contributed by atoms with Gasteiger partial charge in [0.2, 0.25) is 0 Å². The van der Waals surface area contributed by atoms with Gasteiger partial charge in [-0.05, 0) is 30.9 Å². The highest BCUT2D eigenvalue weighted by Crippen LogP contribution is 2.22. The van der Waals surface area contributed by atoms with Gasteiger partial charge in [-0.15, -0.1) is 11.8 Å². The van der Waals surface area contributed by atoms with Crippen LogP contribution in [0.5, 0.6) is 0 Å². The Balaban J connectivity index is 3.17. The molecule has 0 aliphatic rings. The maximum absolute atomic E-state index is 11.8. The number of carbonyl (C=O) groups is 2. The Hall–Kier alpha value is -1.49. The lowest BCUT2D eigenvalue weighted by molar-refractivity contribution is 0.0503. The zero-order valence-electron chi connectivity index (χ0n) is 10.7. The van der Waals surface area contributed by atoms with Gasteiger partial charge in [0.05, 0.1) is 24.8 Å². The number of esters is 2. The van der Waals surface area contributed by atoms with Crippen molar-refractivity contribution in [3.05, 3.63) is 29.3 Å². The van der Waals surface area contributed by atoms with Crippen LogP contribution in [0.15, 0.2) is 23.1 Å². The third kappa shape index (κ3) is 3.50. The van der Waals surface area contributed by atoms with E-state index in [0.29, 0.717) is 0 Å². The number of hydrogen-bond acceptors (Lipinski definition) is 5. The van der Waals surface area contributed by atoms with E-state index in [2.05, 4.69) is 4.74 Å². The average Bonchev–Trinajstić information content (AvgIpc) is 2.38. The largest absolute Gasteiger partial charge is 0.465 e. The van der Waals surface area contributed by atoms with Crippen LogP contribution in [0.25, 0.3) is 0 Å². The number of carbonyl (C=O) groups excluding carboxylic acids is 2. The average molecular weight is 268 g/mol. The molecule has 0 aliphatic heterocycles. The van der Waals surface area contributed by atoms with Crippen molar-refractivity contribution in [2.24, 2.45) is 0 Å². The van der Waals surface area contributed by atoms with Gasteiger partial charge in [-0.3, -0.25) is 0 Å². The molecule has 4 nitrogen and oxygen atoms in total. The van der Waals surface area contributed by atoms with Gasteiger partial charge in [0.1, 0.15) is 0 Å². The van der Waals surface area contributed by atoms with Gasteiger partial charge in [0, 0.05) is 4.90 Å². The van der Waals surface area contributed by atoms with Gasteiger partial charge < -0.3 is 9.47 Å². The lowest BCUT2D eigenvalue weighted by Gasteiger charge is -2.09. The number of rotatable bonds is 5. The topological polar surface area (TPSA) is 52.6 Å². The van der Waals surface area contributed by atoms with Crippen LogP contribution in [0.4, 0.5) is 0 Å².